The van der Waals surface area contributed by atoms with E-state index in [0.29, 0.717) is 24.8 Å². The van der Waals surface area contributed by atoms with Crippen LogP contribution in [0.5, 0.6) is 0 Å². The van der Waals surface area contributed by atoms with Gasteiger partial charge in [-0.15, -0.1) is 0 Å². The largest absolute Gasteiger partial charge is 0.381 e. The third-order valence-corrected chi connectivity index (χ3v) is 5.75. The lowest BCUT2D eigenvalue weighted by Gasteiger charge is -2.14. The van der Waals surface area contributed by atoms with E-state index in [0.717, 1.165) is 6.42 Å². The molecule has 0 saturated carbocycles. The lowest BCUT2D eigenvalue weighted by Crippen LogP contribution is -2.30. The first-order valence-corrected chi connectivity index (χ1v) is 10.1. The van der Waals surface area contributed by atoms with E-state index in [1.165, 1.54) is 24.3 Å². The van der Waals surface area contributed by atoms with Gasteiger partial charge in [0.05, 0.1) is 22.8 Å². The second-order valence-corrected chi connectivity index (χ2v) is 8.16. The number of nitrogens with one attached hydrogen (secondary N) is 2. The van der Waals surface area contributed by atoms with Crippen LogP contribution in [-0.4, -0.2) is 34.1 Å². The number of carbonyl (C=O) groups is 1. The molecule has 2 aromatic carbocycles. The molecule has 2 N–H and O–H groups in total. The van der Waals surface area contributed by atoms with Crippen LogP contribution >= 0.6 is 11.6 Å². The van der Waals surface area contributed by atoms with E-state index in [4.69, 9.17) is 16.3 Å². The van der Waals surface area contributed by atoms with Crippen molar-refractivity contribution in [3.05, 3.63) is 59.1 Å². The molecule has 1 heterocycles. The summed E-state index contributed by atoms with van der Waals surface area (Å²) >= 11 is 5.80. The number of hydrogen-bond acceptors (Lipinski definition) is 4. The van der Waals surface area contributed by atoms with Crippen molar-refractivity contribution in [2.24, 2.45) is 5.92 Å². The van der Waals surface area contributed by atoms with Crippen LogP contribution in [0.25, 0.3) is 0 Å². The predicted molar refractivity (Wildman–Crippen MR) is 100.0 cm³/mol. The van der Waals surface area contributed by atoms with Crippen LogP contribution in [0.2, 0.25) is 5.02 Å². The zero-order chi connectivity index (χ0) is 18.6. The summed E-state index contributed by atoms with van der Waals surface area (Å²) in [6, 6.07) is 12.3. The van der Waals surface area contributed by atoms with Gasteiger partial charge in [-0.05, 0) is 42.8 Å². The fourth-order valence-electron chi connectivity index (χ4n) is 2.66. The van der Waals surface area contributed by atoms with Crippen molar-refractivity contribution >= 4 is 33.2 Å². The highest BCUT2D eigenvalue weighted by Crippen LogP contribution is 2.21. The summed E-state index contributed by atoms with van der Waals surface area (Å²) in [5.41, 5.74) is 0.492. The Balaban J connectivity index is 1.75. The first-order valence-electron chi connectivity index (χ1n) is 8.19. The molecular formula is C18H19ClN2O4S. The van der Waals surface area contributed by atoms with Crippen LogP contribution < -0.4 is 10.0 Å². The number of carbonyl (C=O) groups excluding carboxylic acids is 1. The van der Waals surface area contributed by atoms with Gasteiger partial charge in [-0.1, -0.05) is 23.7 Å². The summed E-state index contributed by atoms with van der Waals surface area (Å²) in [6.45, 7) is 1.83. The van der Waals surface area contributed by atoms with E-state index in [9.17, 15) is 13.2 Å². The first kappa shape index (κ1) is 18.7. The minimum Gasteiger partial charge on any atom is -0.381 e. The Labute approximate surface area is 157 Å². The molecule has 0 aliphatic carbocycles. The molecule has 8 heteroatoms. The lowest BCUT2D eigenvalue weighted by molar-refractivity contribution is 0.0946. The zero-order valence-corrected chi connectivity index (χ0v) is 15.5. The molecular weight excluding hydrogens is 376 g/mol. The smallest absolute Gasteiger partial charge is 0.261 e. The number of para-hydroxylation sites is 1. The van der Waals surface area contributed by atoms with Gasteiger partial charge in [0.15, 0.2) is 0 Å². The lowest BCUT2D eigenvalue weighted by atomic mass is 10.1. The van der Waals surface area contributed by atoms with Gasteiger partial charge >= 0.3 is 0 Å². The molecule has 0 spiro atoms. The van der Waals surface area contributed by atoms with Gasteiger partial charge in [0, 0.05) is 24.1 Å². The summed E-state index contributed by atoms with van der Waals surface area (Å²) in [4.78, 5) is 12.6. The van der Waals surface area contributed by atoms with E-state index in [2.05, 4.69) is 10.0 Å². The molecule has 6 nitrogen and oxygen atoms in total. The Morgan fingerprint density at radius 2 is 1.88 bits per heavy atom. The number of ether oxygens (including phenoxy) is 1. The number of amides is 1. The number of sulfonamides is 1. The van der Waals surface area contributed by atoms with Gasteiger partial charge in [0.25, 0.3) is 15.9 Å². The average molecular weight is 395 g/mol. The summed E-state index contributed by atoms with van der Waals surface area (Å²) in [7, 11) is -3.83. The van der Waals surface area contributed by atoms with Crippen LogP contribution in [0, 0.1) is 5.92 Å². The molecule has 1 aliphatic rings. The Bertz CT molecular complexity index is 878. The molecule has 1 aliphatic heterocycles. The molecule has 2 aromatic rings. The summed E-state index contributed by atoms with van der Waals surface area (Å²) < 4.78 is 32.9. The molecule has 1 fully saturated rings. The van der Waals surface area contributed by atoms with Crippen LogP contribution in [0.15, 0.2) is 53.4 Å². The summed E-state index contributed by atoms with van der Waals surface area (Å²) in [6.07, 6.45) is 0.908. The van der Waals surface area contributed by atoms with E-state index in [1.54, 1.807) is 24.3 Å². The fraction of sp³-hybridized carbons (Fsp3) is 0.278. The van der Waals surface area contributed by atoms with Crippen molar-refractivity contribution in [2.45, 2.75) is 11.3 Å². The first-order chi connectivity index (χ1) is 12.5. The van der Waals surface area contributed by atoms with Gasteiger partial charge in [0.2, 0.25) is 0 Å². The van der Waals surface area contributed by atoms with Crippen molar-refractivity contribution in [1.82, 2.24) is 5.32 Å². The Morgan fingerprint density at radius 1 is 1.15 bits per heavy atom. The van der Waals surface area contributed by atoms with Crippen LogP contribution in [0.1, 0.15) is 16.8 Å². The number of anilines is 1. The Hall–Kier alpha value is -2.09. The topological polar surface area (TPSA) is 84.5 Å². The quantitative estimate of drug-likeness (QED) is 0.788. The van der Waals surface area contributed by atoms with Gasteiger partial charge in [0.1, 0.15) is 0 Å². The predicted octanol–water partition coefficient (Wildman–Crippen LogP) is 2.91. The van der Waals surface area contributed by atoms with E-state index in [-0.39, 0.29) is 28.0 Å². The van der Waals surface area contributed by atoms with Crippen molar-refractivity contribution < 1.29 is 17.9 Å². The van der Waals surface area contributed by atoms with Gasteiger partial charge in [-0.25, -0.2) is 8.42 Å². The molecule has 0 aromatic heterocycles. The molecule has 26 heavy (non-hydrogen) atoms. The normalized spacial score (nSPS) is 17.0. The van der Waals surface area contributed by atoms with Crippen molar-refractivity contribution in [1.29, 1.82) is 0 Å². The molecule has 1 atom stereocenters. The molecule has 138 valence electrons. The fourth-order valence-corrected chi connectivity index (χ4v) is 3.87. The van der Waals surface area contributed by atoms with E-state index < -0.39 is 10.0 Å². The van der Waals surface area contributed by atoms with Crippen LogP contribution in [0.4, 0.5) is 5.69 Å². The van der Waals surface area contributed by atoms with Crippen molar-refractivity contribution in [2.75, 3.05) is 24.5 Å². The third-order valence-electron chi connectivity index (χ3n) is 4.12. The number of benzene rings is 2. The minimum atomic E-state index is -3.83. The highest BCUT2D eigenvalue weighted by Gasteiger charge is 2.20. The second-order valence-electron chi connectivity index (χ2n) is 6.04. The highest BCUT2D eigenvalue weighted by molar-refractivity contribution is 7.92. The van der Waals surface area contributed by atoms with E-state index in [1.807, 2.05) is 0 Å². The van der Waals surface area contributed by atoms with Crippen LogP contribution in [0.3, 0.4) is 0 Å². The van der Waals surface area contributed by atoms with Crippen LogP contribution in [-0.2, 0) is 14.8 Å². The Kier molecular flexibility index (Phi) is 5.80. The van der Waals surface area contributed by atoms with Gasteiger partial charge < -0.3 is 10.1 Å². The minimum absolute atomic E-state index is 0.0696. The maximum atomic E-state index is 12.6. The molecule has 3 rings (SSSR count). The van der Waals surface area contributed by atoms with Gasteiger partial charge in [-0.3, -0.25) is 9.52 Å². The SMILES string of the molecule is O=C(NCC1CCOC1)c1ccccc1NS(=O)(=O)c1ccc(Cl)cc1. The molecule has 0 radical (unpaired) electrons. The number of halogens is 1. The number of rotatable bonds is 6. The number of hydrogen-bond donors (Lipinski definition) is 2. The standard InChI is InChI=1S/C18H19ClN2O4S/c19-14-5-7-15(8-6-14)26(23,24)21-17-4-2-1-3-16(17)18(22)20-11-13-9-10-25-12-13/h1-8,13,21H,9-12H2,(H,20,22). The summed E-state index contributed by atoms with van der Waals surface area (Å²) in [5.74, 6) is -0.0387. The Morgan fingerprint density at radius 3 is 2.58 bits per heavy atom. The summed E-state index contributed by atoms with van der Waals surface area (Å²) in [5, 5.41) is 3.29. The van der Waals surface area contributed by atoms with Crippen molar-refractivity contribution in [3.63, 3.8) is 0 Å². The maximum Gasteiger partial charge on any atom is 0.261 e. The third kappa shape index (κ3) is 4.55. The maximum absolute atomic E-state index is 12.6. The van der Waals surface area contributed by atoms with E-state index >= 15 is 0 Å². The monoisotopic (exact) mass is 394 g/mol. The molecule has 1 unspecified atom stereocenters. The van der Waals surface area contributed by atoms with Gasteiger partial charge in [-0.2, -0.15) is 0 Å². The average Bonchev–Trinajstić information content (AvgIpc) is 3.14. The molecule has 1 saturated heterocycles. The molecule has 1 amide bonds. The van der Waals surface area contributed by atoms with Crippen molar-refractivity contribution in [3.8, 4) is 0 Å². The highest BCUT2D eigenvalue weighted by atomic mass is 35.5. The second kappa shape index (κ2) is 8.07. The molecule has 0 bridgehead atoms. The zero-order valence-electron chi connectivity index (χ0n) is 13.9.